The Morgan fingerprint density at radius 2 is 2.10 bits per heavy atom. The van der Waals surface area contributed by atoms with Crippen molar-refractivity contribution in [2.75, 3.05) is 12.3 Å². The highest BCUT2D eigenvalue weighted by atomic mass is 32.2. The maximum Gasteiger partial charge on any atom is 0.335 e. The van der Waals surface area contributed by atoms with Gasteiger partial charge in [0.05, 0.1) is 21.5 Å². The van der Waals surface area contributed by atoms with Crippen LogP contribution in [-0.4, -0.2) is 45.5 Å². The Morgan fingerprint density at radius 3 is 2.67 bits per heavy atom. The number of carboxylic acid groups (broad SMARTS) is 1. The average molecular weight is 333 g/mol. The third-order valence-electron chi connectivity index (χ3n) is 3.36. The number of sulfone groups is 1. The van der Waals surface area contributed by atoms with E-state index < -0.39 is 31.1 Å². The van der Waals surface area contributed by atoms with Crippen molar-refractivity contribution < 1.29 is 26.7 Å². The summed E-state index contributed by atoms with van der Waals surface area (Å²) in [7, 11) is -7.17. The molecule has 1 heterocycles. The van der Waals surface area contributed by atoms with Crippen LogP contribution < -0.4 is 4.72 Å². The second-order valence-electron chi connectivity index (χ2n) is 4.82. The van der Waals surface area contributed by atoms with Crippen LogP contribution in [0, 0.1) is 0 Å². The third kappa shape index (κ3) is 3.60. The van der Waals surface area contributed by atoms with Gasteiger partial charge in [-0.3, -0.25) is 0 Å². The van der Waals surface area contributed by atoms with Gasteiger partial charge >= 0.3 is 5.97 Å². The van der Waals surface area contributed by atoms with Crippen molar-refractivity contribution in [2.45, 2.75) is 23.0 Å². The standard InChI is InChI=1S/C12H15NO6S2/c14-12(15)9-3-1-4-10(7-9)21(18,19)13-8-11-5-2-6-20(11,16)17/h1,3-4,7,11,13H,2,5-6,8H2,(H,14,15). The number of aromatic carboxylic acids is 1. The van der Waals surface area contributed by atoms with E-state index in [0.29, 0.717) is 12.8 Å². The fourth-order valence-electron chi connectivity index (χ4n) is 2.17. The average Bonchev–Trinajstić information content (AvgIpc) is 2.75. The molecule has 0 saturated carbocycles. The molecule has 21 heavy (non-hydrogen) atoms. The lowest BCUT2D eigenvalue weighted by Gasteiger charge is -2.11. The summed E-state index contributed by atoms with van der Waals surface area (Å²) in [5.41, 5.74) is -0.147. The summed E-state index contributed by atoms with van der Waals surface area (Å²) < 4.78 is 49.7. The first-order valence-corrected chi connectivity index (χ1v) is 9.47. The van der Waals surface area contributed by atoms with E-state index in [0.717, 1.165) is 6.07 Å². The molecule has 7 nitrogen and oxygen atoms in total. The number of hydrogen-bond acceptors (Lipinski definition) is 5. The summed E-state index contributed by atoms with van der Waals surface area (Å²) >= 11 is 0. The van der Waals surface area contributed by atoms with Gasteiger partial charge in [0.25, 0.3) is 0 Å². The predicted octanol–water partition coefficient (Wildman–Crippen LogP) is 0.240. The zero-order valence-electron chi connectivity index (χ0n) is 11.0. The summed E-state index contributed by atoms with van der Waals surface area (Å²) in [5, 5.41) is 8.14. The Morgan fingerprint density at radius 1 is 1.38 bits per heavy atom. The molecule has 0 aliphatic carbocycles. The van der Waals surface area contributed by atoms with Crippen molar-refractivity contribution in [3.63, 3.8) is 0 Å². The number of carbonyl (C=O) groups is 1. The fraction of sp³-hybridized carbons (Fsp3) is 0.417. The summed E-state index contributed by atoms with van der Waals surface area (Å²) in [6.07, 6.45) is 0.962. The van der Waals surface area contributed by atoms with Crippen molar-refractivity contribution in [3.05, 3.63) is 29.8 Å². The zero-order valence-corrected chi connectivity index (χ0v) is 12.7. The highest BCUT2D eigenvalue weighted by molar-refractivity contribution is 7.92. The molecular formula is C12H15NO6S2. The van der Waals surface area contributed by atoms with Crippen LogP contribution in [0.2, 0.25) is 0 Å². The molecule has 1 aromatic carbocycles. The largest absolute Gasteiger partial charge is 0.478 e. The molecule has 1 fully saturated rings. The van der Waals surface area contributed by atoms with Crippen LogP contribution in [0.15, 0.2) is 29.2 Å². The predicted molar refractivity (Wildman–Crippen MR) is 75.4 cm³/mol. The highest BCUT2D eigenvalue weighted by Gasteiger charge is 2.32. The Bertz CT molecular complexity index is 754. The first-order chi connectivity index (χ1) is 9.72. The molecule has 1 aliphatic rings. The lowest BCUT2D eigenvalue weighted by molar-refractivity contribution is 0.0696. The minimum atomic E-state index is -3.93. The van der Waals surface area contributed by atoms with Gasteiger partial charge in [-0.15, -0.1) is 0 Å². The summed E-state index contributed by atoms with van der Waals surface area (Å²) in [6.45, 7) is -0.192. The summed E-state index contributed by atoms with van der Waals surface area (Å²) in [5.74, 6) is -1.15. The van der Waals surface area contributed by atoms with Crippen molar-refractivity contribution in [3.8, 4) is 0 Å². The van der Waals surface area contributed by atoms with Gasteiger partial charge in [-0.25, -0.2) is 26.4 Å². The molecule has 0 radical (unpaired) electrons. The van der Waals surface area contributed by atoms with Gasteiger partial charge in [0, 0.05) is 6.54 Å². The number of benzene rings is 1. The molecule has 116 valence electrons. The van der Waals surface area contributed by atoms with Crippen LogP contribution in [0.5, 0.6) is 0 Å². The van der Waals surface area contributed by atoms with Crippen LogP contribution in [0.25, 0.3) is 0 Å². The quantitative estimate of drug-likeness (QED) is 0.797. The molecule has 0 spiro atoms. The fourth-order valence-corrected chi connectivity index (χ4v) is 5.17. The molecule has 1 aliphatic heterocycles. The smallest absolute Gasteiger partial charge is 0.335 e. The second-order valence-corrected chi connectivity index (χ2v) is 8.98. The number of hydrogen-bond donors (Lipinski definition) is 2. The monoisotopic (exact) mass is 333 g/mol. The molecule has 1 unspecified atom stereocenters. The van der Waals surface area contributed by atoms with Crippen LogP contribution in [0.4, 0.5) is 0 Å². The Labute approximate surface area is 123 Å². The van der Waals surface area contributed by atoms with E-state index in [2.05, 4.69) is 4.72 Å². The number of carboxylic acids is 1. The molecule has 9 heteroatoms. The molecule has 2 rings (SSSR count). The number of rotatable bonds is 5. The summed E-state index contributed by atoms with van der Waals surface area (Å²) in [6, 6.07) is 4.90. The summed E-state index contributed by atoms with van der Waals surface area (Å²) in [4.78, 5) is 10.6. The second kappa shape index (κ2) is 5.74. The molecule has 0 bridgehead atoms. The van der Waals surface area contributed by atoms with Gasteiger partial charge < -0.3 is 5.11 Å². The Hall–Kier alpha value is -1.45. The first-order valence-electron chi connectivity index (χ1n) is 6.27. The van der Waals surface area contributed by atoms with Gasteiger partial charge in [0.15, 0.2) is 9.84 Å². The number of sulfonamides is 1. The molecule has 2 N–H and O–H groups in total. The lowest BCUT2D eigenvalue weighted by atomic mass is 10.2. The third-order valence-corrected chi connectivity index (χ3v) is 7.05. The maximum atomic E-state index is 12.1. The van der Waals surface area contributed by atoms with Crippen LogP contribution in [-0.2, 0) is 19.9 Å². The number of nitrogens with one attached hydrogen (secondary N) is 1. The molecule has 0 amide bonds. The SMILES string of the molecule is O=C(O)c1cccc(S(=O)(=O)NCC2CCCS2(=O)=O)c1. The molecule has 1 atom stereocenters. The van der Waals surface area contributed by atoms with E-state index >= 15 is 0 Å². The van der Waals surface area contributed by atoms with Crippen molar-refractivity contribution in [2.24, 2.45) is 0 Å². The topological polar surface area (TPSA) is 118 Å². The van der Waals surface area contributed by atoms with Crippen molar-refractivity contribution >= 4 is 25.8 Å². The lowest BCUT2D eigenvalue weighted by Crippen LogP contribution is -2.34. The Balaban J connectivity index is 2.15. The first kappa shape index (κ1) is 15.9. The Kier molecular flexibility index (Phi) is 4.35. The van der Waals surface area contributed by atoms with E-state index in [-0.39, 0.29) is 22.8 Å². The van der Waals surface area contributed by atoms with Crippen molar-refractivity contribution in [1.29, 1.82) is 0 Å². The van der Waals surface area contributed by atoms with Gasteiger partial charge in [0.2, 0.25) is 10.0 Å². The maximum absolute atomic E-state index is 12.1. The molecule has 1 saturated heterocycles. The van der Waals surface area contributed by atoms with Crippen LogP contribution >= 0.6 is 0 Å². The van der Waals surface area contributed by atoms with E-state index in [1.807, 2.05) is 0 Å². The zero-order chi connectivity index (χ0) is 15.7. The minimum absolute atomic E-state index is 0.0773. The minimum Gasteiger partial charge on any atom is -0.478 e. The van der Waals surface area contributed by atoms with Gasteiger partial charge in [-0.2, -0.15) is 0 Å². The normalized spacial score (nSPS) is 21.2. The van der Waals surface area contributed by atoms with Gasteiger partial charge in [0.1, 0.15) is 0 Å². The molecule has 1 aromatic rings. The van der Waals surface area contributed by atoms with Gasteiger partial charge in [-0.1, -0.05) is 6.07 Å². The highest BCUT2D eigenvalue weighted by Crippen LogP contribution is 2.20. The van der Waals surface area contributed by atoms with E-state index in [4.69, 9.17) is 5.11 Å². The van der Waals surface area contributed by atoms with E-state index in [1.165, 1.54) is 18.2 Å². The molecule has 0 aromatic heterocycles. The van der Waals surface area contributed by atoms with Crippen LogP contribution in [0.1, 0.15) is 23.2 Å². The van der Waals surface area contributed by atoms with Crippen LogP contribution in [0.3, 0.4) is 0 Å². The van der Waals surface area contributed by atoms with Gasteiger partial charge in [-0.05, 0) is 31.0 Å². The van der Waals surface area contributed by atoms with E-state index in [9.17, 15) is 21.6 Å². The molecular weight excluding hydrogens is 318 g/mol. The van der Waals surface area contributed by atoms with E-state index in [1.54, 1.807) is 0 Å². The van der Waals surface area contributed by atoms with Crippen molar-refractivity contribution in [1.82, 2.24) is 4.72 Å².